The van der Waals surface area contributed by atoms with E-state index in [0.29, 0.717) is 23.9 Å². The van der Waals surface area contributed by atoms with Gasteiger partial charge in [0.25, 0.3) is 0 Å². The number of likely N-dealkylation sites (N-methyl/N-ethyl adjacent to an activating group) is 1. The second-order valence-electron chi connectivity index (χ2n) is 10.6. The number of amides is 1. The molecule has 1 aliphatic heterocycles. The molecular formula is C32H32FN7O. The van der Waals surface area contributed by atoms with Crippen molar-refractivity contribution >= 4 is 17.5 Å². The number of nitrogens with zero attached hydrogens (tertiary/aromatic N) is 6. The molecule has 0 bridgehead atoms. The van der Waals surface area contributed by atoms with Crippen LogP contribution in [0.2, 0.25) is 0 Å². The van der Waals surface area contributed by atoms with Crippen LogP contribution in [0.4, 0.5) is 10.3 Å². The van der Waals surface area contributed by atoms with E-state index in [9.17, 15) is 9.18 Å². The Hall–Kier alpha value is -4.63. The van der Waals surface area contributed by atoms with Gasteiger partial charge in [-0.1, -0.05) is 30.3 Å². The predicted octanol–water partition coefficient (Wildman–Crippen LogP) is 5.43. The number of hydrogen-bond donors (Lipinski definition) is 1. The maximum atomic E-state index is 13.8. The van der Waals surface area contributed by atoms with Gasteiger partial charge in [-0.05, 0) is 66.9 Å². The number of hydrogen-bond acceptors (Lipinski definition) is 6. The Morgan fingerprint density at radius 2 is 1.85 bits per heavy atom. The van der Waals surface area contributed by atoms with E-state index >= 15 is 0 Å². The van der Waals surface area contributed by atoms with E-state index in [2.05, 4.69) is 40.3 Å². The van der Waals surface area contributed by atoms with E-state index in [4.69, 9.17) is 9.97 Å². The number of nitrogens with one attached hydrogen (secondary N) is 1. The number of benzene rings is 2. The van der Waals surface area contributed by atoms with E-state index in [1.807, 2.05) is 40.9 Å². The first-order valence-electron chi connectivity index (χ1n) is 13.7. The molecule has 208 valence electrons. The summed E-state index contributed by atoms with van der Waals surface area (Å²) in [4.78, 5) is 30.7. The van der Waals surface area contributed by atoms with E-state index in [1.165, 1.54) is 12.1 Å². The van der Waals surface area contributed by atoms with Gasteiger partial charge in [0.1, 0.15) is 11.5 Å². The molecule has 0 spiro atoms. The lowest BCUT2D eigenvalue weighted by Crippen LogP contribution is -2.55. The van der Waals surface area contributed by atoms with Crippen molar-refractivity contribution in [2.75, 3.05) is 26.0 Å². The van der Waals surface area contributed by atoms with Gasteiger partial charge in [0.15, 0.2) is 0 Å². The third-order valence-electron chi connectivity index (χ3n) is 7.59. The summed E-state index contributed by atoms with van der Waals surface area (Å²) in [5.41, 5.74) is 5.93. The summed E-state index contributed by atoms with van der Waals surface area (Å²) in [5.74, 6) is 0.333. The summed E-state index contributed by atoms with van der Waals surface area (Å²) in [7, 11) is 3.59. The number of likely N-dealkylation sites (tertiary alicyclic amines) is 1. The molecule has 9 heteroatoms. The zero-order chi connectivity index (χ0) is 28.5. The summed E-state index contributed by atoms with van der Waals surface area (Å²) in [6, 6.07) is 22.4. The number of aromatic nitrogens is 4. The number of pyridine rings is 1. The quantitative estimate of drug-likeness (QED) is 0.278. The summed E-state index contributed by atoms with van der Waals surface area (Å²) in [6.07, 6.45) is 4.59. The van der Waals surface area contributed by atoms with E-state index < -0.39 is 0 Å². The van der Waals surface area contributed by atoms with E-state index in [0.717, 1.165) is 41.0 Å². The number of carbonyl (C=O) groups excluding carboxylic acids is 1. The molecule has 0 unspecified atom stereocenters. The third kappa shape index (κ3) is 5.40. The Morgan fingerprint density at radius 1 is 1.07 bits per heavy atom. The lowest BCUT2D eigenvalue weighted by Gasteiger charge is -2.40. The molecule has 1 amide bonds. The van der Waals surface area contributed by atoms with Crippen LogP contribution in [0.5, 0.6) is 0 Å². The number of imidazole rings is 1. The van der Waals surface area contributed by atoms with Gasteiger partial charge in [0, 0.05) is 45.1 Å². The van der Waals surface area contributed by atoms with Crippen molar-refractivity contribution in [3.63, 3.8) is 0 Å². The van der Waals surface area contributed by atoms with Crippen LogP contribution in [0, 0.1) is 5.82 Å². The van der Waals surface area contributed by atoms with Gasteiger partial charge in [-0.25, -0.2) is 19.3 Å². The van der Waals surface area contributed by atoms with Gasteiger partial charge in [-0.15, -0.1) is 0 Å². The normalized spacial score (nSPS) is 15.9. The van der Waals surface area contributed by atoms with Gasteiger partial charge in [-0.2, -0.15) is 0 Å². The van der Waals surface area contributed by atoms with Crippen molar-refractivity contribution in [2.45, 2.75) is 32.0 Å². The Morgan fingerprint density at radius 3 is 2.56 bits per heavy atom. The van der Waals surface area contributed by atoms with Crippen LogP contribution >= 0.6 is 0 Å². The van der Waals surface area contributed by atoms with Crippen molar-refractivity contribution in [3.8, 4) is 22.6 Å². The lowest BCUT2D eigenvalue weighted by molar-refractivity contribution is -0.139. The molecule has 0 radical (unpaired) electrons. The minimum Gasteiger partial charge on any atom is -0.348 e. The number of anilines is 1. The second-order valence-corrected chi connectivity index (χ2v) is 10.6. The average molecular weight is 550 g/mol. The molecule has 1 saturated heterocycles. The first-order chi connectivity index (χ1) is 19.9. The zero-order valence-corrected chi connectivity index (χ0v) is 23.3. The van der Waals surface area contributed by atoms with Gasteiger partial charge in [0.2, 0.25) is 11.9 Å². The second kappa shape index (κ2) is 11.1. The van der Waals surface area contributed by atoms with Gasteiger partial charge < -0.3 is 10.2 Å². The highest BCUT2D eigenvalue weighted by Crippen LogP contribution is 2.33. The first kappa shape index (κ1) is 26.6. The standard InChI is InChI=1S/C32H32FN7O/c1-21(23-7-5-4-6-8-23)35-32-34-16-13-26(36-32)30-29(24-9-11-25(33)12-10-24)37-28-19-22(14-18-40(28)30)20-39-17-15-27(39)31(41)38(2)3/h4-14,16,18-19,21,27H,15,17,20H2,1-3H3,(H,34,35,36)/t21-,27-/m0/s1. The highest BCUT2D eigenvalue weighted by molar-refractivity contribution is 5.82. The van der Waals surface area contributed by atoms with Crippen LogP contribution < -0.4 is 5.32 Å². The van der Waals surface area contributed by atoms with Gasteiger partial charge in [-0.3, -0.25) is 14.1 Å². The van der Waals surface area contributed by atoms with Crippen molar-refractivity contribution in [2.24, 2.45) is 0 Å². The summed E-state index contributed by atoms with van der Waals surface area (Å²) >= 11 is 0. The fourth-order valence-corrected chi connectivity index (χ4v) is 5.26. The van der Waals surface area contributed by atoms with Gasteiger partial charge in [0.05, 0.1) is 29.2 Å². The van der Waals surface area contributed by atoms with E-state index in [1.54, 1.807) is 37.3 Å². The highest BCUT2D eigenvalue weighted by Gasteiger charge is 2.35. The predicted molar refractivity (Wildman–Crippen MR) is 158 cm³/mol. The largest absolute Gasteiger partial charge is 0.348 e. The molecule has 0 saturated carbocycles. The van der Waals surface area contributed by atoms with Gasteiger partial charge >= 0.3 is 0 Å². The maximum absolute atomic E-state index is 13.8. The molecule has 3 aromatic heterocycles. The minimum absolute atomic E-state index is 0.0115. The summed E-state index contributed by atoms with van der Waals surface area (Å²) < 4.78 is 15.8. The molecule has 5 aromatic rings. The fraction of sp³-hybridized carbons (Fsp3) is 0.250. The first-order valence-corrected chi connectivity index (χ1v) is 13.7. The number of fused-ring (bicyclic) bond motifs is 1. The Bertz CT molecular complexity index is 1680. The molecule has 0 aliphatic carbocycles. The Balaban J connectivity index is 1.36. The third-order valence-corrected chi connectivity index (χ3v) is 7.59. The number of carbonyl (C=O) groups is 1. The van der Waals surface area contributed by atoms with Crippen molar-refractivity contribution in [1.82, 2.24) is 29.2 Å². The molecule has 8 nitrogen and oxygen atoms in total. The van der Waals surface area contributed by atoms with Crippen molar-refractivity contribution < 1.29 is 9.18 Å². The fourth-order valence-electron chi connectivity index (χ4n) is 5.26. The van der Waals surface area contributed by atoms with Crippen molar-refractivity contribution in [3.05, 3.63) is 102 Å². The number of halogens is 1. The maximum Gasteiger partial charge on any atom is 0.239 e. The molecule has 1 fully saturated rings. The zero-order valence-electron chi connectivity index (χ0n) is 23.3. The SMILES string of the molecule is C[C@H](Nc1nccc(-c2c(-c3ccc(F)cc3)nc3cc(CN4CC[C@H]4C(=O)N(C)C)ccn23)n1)c1ccccc1. The van der Waals surface area contributed by atoms with Crippen molar-refractivity contribution in [1.29, 1.82) is 0 Å². The molecule has 6 rings (SSSR count). The molecule has 4 heterocycles. The Labute approximate surface area is 238 Å². The Kier molecular flexibility index (Phi) is 7.19. The van der Waals surface area contributed by atoms with Crippen LogP contribution in [0.3, 0.4) is 0 Å². The topological polar surface area (TPSA) is 78.7 Å². The summed E-state index contributed by atoms with van der Waals surface area (Å²) in [5, 5.41) is 3.40. The monoisotopic (exact) mass is 549 g/mol. The average Bonchev–Trinajstić information content (AvgIpc) is 3.35. The lowest BCUT2D eigenvalue weighted by atomic mass is 10.0. The summed E-state index contributed by atoms with van der Waals surface area (Å²) in [6.45, 7) is 3.61. The van der Waals surface area contributed by atoms with Crippen LogP contribution in [0.15, 0.2) is 85.2 Å². The molecule has 2 atom stereocenters. The smallest absolute Gasteiger partial charge is 0.239 e. The molecule has 41 heavy (non-hydrogen) atoms. The highest BCUT2D eigenvalue weighted by atomic mass is 19.1. The van der Waals surface area contributed by atoms with E-state index in [-0.39, 0.29) is 23.8 Å². The van der Waals surface area contributed by atoms with Crippen LogP contribution in [-0.4, -0.2) is 61.7 Å². The van der Waals surface area contributed by atoms with Crippen LogP contribution in [0.1, 0.15) is 30.5 Å². The molecule has 1 aliphatic rings. The van der Waals surface area contributed by atoms with Crippen LogP contribution in [0.25, 0.3) is 28.3 Å². The molecule has 2 aromatic carbocycles. The minimum atomic E-state index is -0.304. The molecular weight excluding hydrogens is 517 g/mol. The molecule has 1 N–H and O–H groups in total. The van der Waals surface area contributed by atoms with Crippen LogP contribution in [-0.2, 0) is 11.3 Å². The number of rotatable bonds is 8.